The highest BCUT2D eigenvalue weighted by Crippen LogP contribution is 2.22. The lowest BCUT2D eigenvalue weighted by Gasteiger charge is -2.07. The average Bonchev–Trinajstić information content (AvgIpc) is 2.48. The van der Waals surface area contributed by atoms with Crippen molar-refractivity contribution in [3.05, 3.63) is 63.9 Å². The fourth-order valence-electron chi connectivity index (χ4n) is 1.83. The minimum absolute atomic E-state index is 0.298. The first-order valence-corrected chi connectivity index (χ1v) is 8.96. The van der Waals surface area contributed by atoms with Gasteiger partial charge in [-0.25, -0.2) is 4.39 Å². The van der Waals surface area contributed by atoms with Gasteiger partial charge in [0, 0.05) is 32.4 Å². The summed E-state index contributed by atoms with van der Waals surface area (Å²) < 4.78 is 30.2. The zero-order valence-electron chi connectivity index (χ0n) is 11.7. The summed E-state index contributed by atoms with van der Waals surface area (Å²) in [5.41, 5.74) is 0.823. The molecule has 2 rings (SSSR count). The van der Waals surface area contributed by atoms with Crippen LogP contribution in [-0.2, 0) is 16.6 Å². The van der Waals surface area contributed by atoms with Crippen molar-refractivity contribution in [2.45, 2.75) is 12.2 Å². The van der Waals surface area contributed by atoms with Gasteiger partial charge in [0.25, 0.3) is 0 Å². The van der Waals surface area contributed by atoms with Crippen LogP contribution in [0.15, 0.2) is 42.5 Å². The second-order valence-electron chi connectivity index (χ2n) is 4.68. The van der Waals surface area contributed by atoms with Crippen LogP contribution >= 0.6 is 23.2 Å². The molecule has 1 atom stereocenters. The van der Waals surface area contributed by atoms with Gasteiger partial charge in [0.15, 0.2) is 0 Å². The zero-order valence-corrected chi connectivity index (χ0v) is 14.1. The molecule has 22 heavy (non-hydrogen) atoms. The van der Waals surface area contributed by atoms with Crippen molar-refractivity contribution in [1.29, 1.82) is 0 Å². The van der Waals surface area contributed by atoms with Crippen molar-refractivity contribution >= 4 is 34.0 Å². The van der Waals surface area contributed by atoms with Gasteiger partial charge >= 0.3 is 0 Å². The highest BCUT2D eigenvalue weighted by atomic mass is 35.5. The fourth-order valence-corrected chi connectivity index (χ4v) is 3.56. The predicted octanol–water partition coefficient (Wildman–Crippen LogP) is 4.85. The standard InChI is InChI=1S/C16H15Cl2FO2S/c17-13-3-2-12(16(18)10-13)11-22(20)9-1-8-21-15-6-4-14(19)5-7-15/h2-7,10H,1,8-9,11H2/t22-/m0/s1. The van der Waals surface area contributed by atoms with Crippen LogP contribution in [0, 0.1) is 5.82 Å². The van der Waals surface area contributed by atoms with Crippen LogP contribution in [0.4, 0.5) is 4.39 Å². The normalized spacial score (nSPS) is 12.1. The molecule has 0 bridgehead atoms. The summed E-state index contributed by atoms with van der Waals surface area (Å²) in [4.78, 5) is 0. The fraction of sp³-hybridized carbons (Fsp3) is 0.250. The SMILES string of the molecule is O=[S@@](CCCOc1ccc(F)cc1)Cc1ccc(Cl)cc1Cl. The molecule has 2 aromatic rings. The molecule has 118 valence electrons. The Hall–Kier alpha value is -1.10. The van der Waals surface area contributed by atoms with Gasteiger partial charge in [0.2, 0.25) is 0 Å². The van der Waals surface area contributed by atoms with E-state index in [0.29, 0.717) is 40.3 Å². The van der Waals surface area contributed by atoms with Crippen LogP contribution < -0.4 is 4.74 Å². The first-order chi connectivity index (χ1) is 10.5. The number of benzene rings is 2. The van der Waals surface area contributed by atoms with Crippen molar-refractivity contribution in [3.8, 4) is 5.75 Å². The maximum Gasteiger partial charge on any atom is 0.123 e. The van der Waals surface area contributed by atoms with Gasteiger partial charge in [-0.3, -0.25) is 4.21 Å². The van der Waals surface area contributed by atoms with E-state index in [2.05, 4.69) is 0 Å². The zero-order chi connectivity index (χ0) is 15.9. The van der Waals surface area contributed by atoms with E-state index in [4.69, 9.17) is 27.9 Å². The lowest BCUT2D eigenvalue weighted by atomic mass is 10.2. The van der Waals surface area contributed by atoms with Gasteiger partial charge in [0.1, 0.15) is 11.6 Å². The van der Waals surface area contributed by atoms with Gasteiger partial charge in [-0.2, -0.15) is 0 Å². The summed E-state index contributed by atoms with van der Waals surface area (Å²) >= 11 is 11.9. The maximum atomic E-state index is 12.7. The largest absolute Gasteiger partial charge is 0.494 e. The summed E-state index contributed by atoms with van der Waals surface area (Å²) in [6, 6.07) is 11.0. The minimum atomic E-state index is -1.02. The van der Waals surface area contributed by atoms with E-state index in [1.165, 1.54) is 12.1 Å². The highest BCUT2D eigenvalue weighted by Gasteiger charge is 2.06. The third-order valence-electron chi connectivity index (χ3n) is 2.93. The first-order valence-electron chi connectivity index (χ1n) is 6.72. The van der Waals surface area contributed by atoms with Gasteiger partial charge in [-0.1, -0.05) is 29.3 Å². The molecular weight excluding hydrogens is 346 g/mol. The molecule has 6 heteroatoms. The molecule has 0 radical (unpaired) electrons. The Morgan fingerprint density at radius 2 is 1.82 bits per heavy atom. The summed E-state index contributed by atoms with van der Waals surface area (Å²) in [5.74, 6) is 1.22. The van der Waals surface area contributed by atoms with Crippen LogP contribution in [0.5, 0.6) is 5.75 Å². The molecule has 0 aliphatic rings. The smallest absolute Gasteiger partial charge is 0.123 e. The van der Waals surface area contributed by atoms with Crippen molar-refractivity contribution in [2.24, 2.45) is 0 Å². The van der Waals surface area contributed by atoms with Crippen molar-refractivity contribution < 1.29 is 13.3 Å². The molecule has 0 fully saturated rings. The Labute approximate surface area is 141 Å². The third kappa shape index (κ3) is 5.59. The summed E-state index contributed by atoms with van der Waals surface area (Å²) in [5, 5.41) is 1.09. The van der Waals surface area contributed by atoms with Crippen molar-refractivity contribution in [3.63, 3.8) is 0 Å². The number of rotatable bonds is 7. The lowest BCUT2D eigenvalue weighted by Crippen LogP contribution is -2.06. The Balaban J connectivity index is 1.72. The Bertz CT molecular complexity index is 647. The number of ether oxygens (including phenoxy) is 1. The molecule has 0 saturated heterocycles. The molecule has 0 spiro atoms. The number of halogens is 3. The van der Waals surface area contributed by atoms with Gasteiger partial charge in [-0.15, -0.1) is 0 Å². The lowest BCUT2D eigenvalue weighted by molar-refractivity contribution is 0.318. The average molecular weight is 361 g/mol. The second-order valence-corrected chi connectivity index (χ2v) is 7.10. The molecule has 0 saturated carbocycles. The Morgan fingerprint density at radius 3 is 2.50 bits per heavy atom. The molecule has 2 aromatic carbocycles. The van der Waals surface area contributed by atoms with Gasteiger partial charge in [-0.05, 0) is 48.4 Å². The molecule has 0 aromatic heterocycles. The monoisotopic (exact) mass is 360 g/mol. The summed E-state index contributed by atoms with van der Waals surface area (Å²) in [7, 11) is -1.02. The van der Waals surface area contributed by atoms with E-state index in [9.17, 15) is 8.60 Å². The molecule has 0 N–H and O–H groups in total. The first kappa shape index (κ1) is 17.3. The topological polar surface area (TPSA) is 26.3 Å². The summed E-state index contributed by atoms with van der Waals surface area (Å²) in [6.45, 7) is 0.436. The Kier molecular flexibility index (Phi) is 6.68. The quantitative estimate of drug-likeness (QED) is 0.659. The molecule has 0 aliphatic carbocycles. The van der Waals surface area contributed by atoms with E-state index in [1.807, 2.05) is 0 Å². The molecule has 0 heterocycles. The summed E-state index contributed by atoms with van der Waals surface area (Å²) in [6.07, 6.45) is 0.648. The van der Waals surface area contributed by atoms with E-state index < -0.39 is 10.8 Å². The van der Waals surface area contributed by atoms with E-state index in [0.717, 1.165) is 5.56 Å². The van der Waals surface area contributed by atoms with E-state index in [-0.39, 0.29) is 5.82 Å². The highest BCUT2D eigenvalue weighted by molar-refractivity contribution is 7.84. The molecule has 0 amide bonds. The predicted molar refractivity (Wildman–Crippen MR) is 89.7 cm³/mol. The van der Waals surface area contributed by atoms with E-state index >= 15 is 0 Å². The minimum Gasteiger partial charge on any atom is -0.494 e. The molecule has 0 aliphatic heterocycles. The van der Waals surface area contributed by atoms with Crippen LogP contribution in [0.2, 0.25) is 10.0 Å². The number of hydrogen-bond acceptors (Lipinski definition) is 2. The Morgan fingerprint density at radius 1 is 1.09 bits per heavy atom. The van der Waals surface area contributed by atoms with Crippen LogP contribution in [0.3, 0.4) is 0 Å². The number of hydrogen-bond donors (Lipinski definition) is 0. The molecule has 0 unspecified atom stereocenters. The van der Waals surface area contributed by atoms with Gasteiger partial charge in [0.05, 0.1) is 6.61 Å². The van der Waals surface area contributed by atoms with E-state index in [1.54, 1.807) is 30.3 Å². The van der Waals surface area contributed by atoms with Crippen LogP contribution in [0.25, 0.3) is 0 Å². The van der Waals surface area contributed by atoms with Gasteiger partial charge < -0.3 is 4.74 Å². The third-order valence-corrected chi connectivity index (χ3v) is 4.89. The second kappa shape index (κ2) is 8.51. The maximum absolute atomic E-state index is 12.7. The molecule has 2 nitrogen and oxygen atoms in total. The molecular formula is C16H15Cl2FO2S. The van der Waals surface area contributed by atoms with Crippen molar-refractivity contribution in [1.82, 2.24) is 0 Å². The van der Waals surface area contributed by atoms with Crippen LogP contribution in [-0.4, -0.2) is 16.6 Å². The van der Waals surface area contributed by atoms with Crippen molar-refractivity contribution in [2.75, 3.05) is 12.4 Å². The van der Waals surface area contributed by atoms with Crippen LogP contribution in [0.1, 0.15) is 12.0 Å².